The SMILES string of the molecule is CCCCCCCCCCOc1cc(-c2ccc3c(c2)c2cc(-c4cc5c6cc(C)ccc6n(CCCCCCCCCC)c5cc4OC)c(OC)cc2n3CCCCCCCCCC)c(OC)cc1C. The summed E-state index contributed by atoms with van der Waals surface area (Å²) < 4.78 is 30.5. The van der Waals surface area contributed by atoms with Gasteiger partial charge in [-0.15, -0.1) is 0 Å². The van der Waals surface area contributed by atoms with E-state index in [1.165, 1.54) is 190 Å². The first kappa shape index (κ1) is 53.7. The summed E-state index contributed by atoms with van der Waals surface area (Å²) in [5.41, 5.74) is 11.6. The lowest BCUT2D eigenvalue weighted by Crippen LogP contribution is -2.00. The highest BCUT2D eigenvalue weighted by molar-refractivity contribution is 6.14. The molecule has 0 aliphatic rings. The summed E-state index contributed by atoms with van der Waals surface area (Å²) >= 11 is 0. The number of aryl methyl sites for hydroxylation is 4. The Hall–Kier alpha value is -5.10. The molecule has 0 spiro atoms. The van der Waals surface area contributed by atoms with Gasteiger partial charge in [-0.1, -0.05) is 173 Å². The van der Waals surface area contributed by atoms with Crippen LogP contribution in [0.4, 0.5) is 0 Å². The van der Waals surface area contributed by atoms with E-state index in [0.29, 0.717) is 0 Å². The van der Waals surface area contributed by atoms with Gasteiger partial charge in [0, 0.05) is 74.5 Å². The molecule has 7 rings (SSSR count). The van der Waals surface area contributed by atoms with Gasteiger partial charge in [-0.3, -0.25) is 0 Å². The van der Waals surface area contributed by atoms with E-state index < -0.39 is 0 Å². The highest BCUT2D eigenvalue weighted by Gasteiger charge is 2.22. The highest BCUT2D eigenvalue weighted by atomic mass is 16.5. The standard InChI is InChI=1S/C65H90N2O4/c1-9-12-15-18-21-24-27-30-37-66-58-35-33-48(4)40-52(58)54-43-56(64(69-7)46-60(54)66)57-44-55-53-42-50(51-45-62(49(5)41-63(51)68-6)71-39-32-29-26-23-20-17-14-11-3)34-36-59(53)67(61(55)47-65(57)70-8)38-31-28-25-22-19-16-13-10-2/h33-36,40-47H,9-32,37-39H2,1-8H3. The van der Waals surface area contributed by atoms with Gasteiger partial charge in [-0.05, 0) is 92.8 Å². The van der Waals surface area contributed by atoms with Crippen molar-refractivity contribution in [2.24, 2.45) is 0 Å². The Morgan fingerprint density at radius 2 is 0.761 bits per heavy atom. The van der Waals surface area contributed by atoms with Crippen LogP contribution in [0, 0.1) is 13.8 Å². The molecule has 71 heavy (non-hydrogen) atoms. The van der Waals surface area contributed by atoms with Gasteiger partial charge in [0.05, 0.1) is 39.0 Å². The fraction of sp³-hybridized carbons (Fsp3) is 0.538. The lowest BCUT2D eigenvalue weighted by molar-refractivity contribution is 0.302. The molecular weight excluding hydrogens is 873 g/mol. The quantitative estimate of drug-likeness (QED) is 0.0385. The van der Waals surface area contributed by atoms with E-state index in [4.69, 9.17) is 18.9 Å². The van der Waals surface area contributed by atoms with Crippen molar-refractivity contribution in [1.29, 1.82) is 0 Å². The van der Waals surface area contributed by atoms with Crippen molar-refractivity contribution in [2.45, 2.75) is 202 Å². The average Bonchev–Trinajstić information content (AvgIpc) is 3.85. The van der Waals surface area contributed by atoms with Gasteiger partial charge in [0.2, 0.25) is 0 Å². The van der Waals surface area contributed by atoms with Gasteiger partial charge in [-0.2, -0.15) is 0 Å². The van der Waals surface area contributed by atoms with E-state index in [1.54, 1.807) is 7.11 Å². The first-order chi connectivity index (χ1) is 34.8. The van der Waals surface area contributed by atoms with E-state index in [-0.39, 0.29) is 0 Å². The number of methoxy groups -OCH3 is 3. The summed E-state index contributed by atoms with van der Waals surface area (Å²) in [5.74, 6) is 3.51. The van der Waals surface area contributed by atoms with Crippen LogP contribution < -0.4 is 18.9 Å². The largest absolute Gasteiger partial charge is 0.496 e. The van der Waals surface area contributed by atoms with Crippen molar-refractivity contribution < 1.29 is 18.9 Å². The second-order valence-electron chi connectivity index (χ2n) is 20.8. The molecule has 2 heterocycles. The predicted molar refractivity (Wildman–Crippen MR) is 306 cm³/mol. The van der Waals surface area contributed by atoms with Crippen LogP contribution in [0.5, 0.6) is 23.0 Å². The third-order valence-electron chi connectivity index (χ3n) is 15.4. The van der Waals surface area contributed by atoms with Crippen molar-refractivity contribution in [1.82, 2.24) is 9.13 Å². The van der Waals surface area contributed by atoms with Crippen LogP contribution in [0.2, 0.25) is 0 Å². The first-order valence-corrected chi connectivity index (χ1v) is 28.4. The van der Waals surface area contributed by atoms with Gasteiger partial charge in [0.15, 0.2) is 0 Å². The molecule has 2 aromatic heterocycles. The Morgan fingerprint density at radius 1 is 0.352 bits per heavy atom. The molecule has 0 saturated heterocycles. The third kappa shape index (κ3) is 13.5. The lowest BCUT2D eigenvalue weighted by Gasteiger charge is -2.15. The van der Waals surface area contributed by atoms with Gasteiger partial charge < -0.3 is 28.1 Å². The molecule has 6 heteroatoms. The number of aromatic nitrogens is 2. The Bertz CT molecular complexity index is 2760. The summed E-state index contributed by atoms with van der Waals surface area (Å²) in [6.45, 7) is 13.9. The van der Waals surface area contributed by atoms with Crippen LogP contribution in [-0.4, -0.2) is 37.1 Å². The topological polar surface area (TPSA) is 46.8 Å². The zero-order valence-electron chi connectivity index (χ0n) is 45.5. The summed E-state index contributed by atoms with van der Waals surface area (Å²) in [6.07, 6.45) is 31.0. The number of hydrogen-bond donors (Lipinski definition) is 0. The maximum absolute atomic E-state index is 6.53. The molecule has 0 fully saturated rings. The molecule has 0 aliphatic heterocycles. The maximum atomic E-state index is 6.53. The summed E-state index contributed by atoms with van der Waals surface area (Å²) in [4.78, 5) is 0. The number of unbranched alkanes of at least 4 members (excludes halogenated alkanes) is 21. The Balaban J connectivity index is 1.27. The minimum atomic E-state index is 0.728. The molecule has 0 N–H and O–H groups in total. The van der Waals surface area contributed by atoms with Crippen molar-refractivity contribution in [2.75, 3.05) is 27.9 Å². The summed E-state index contributed by atoms with van der Waals surface area (Å²) in [7, 11) is 5.41. The van der Waals surface area contributed by atoms with Crippen LogP contribution >= 0.6 is 0 Å². The Kier molecular flexibility index (Phi) is 20.9. The molecule has 6 nitrogen and oxygen atoms in total. The van der Waals surface area contributed by atoms with Gasteiger partial charge in [0.25, 0.3) is 0 Å². The minimum Gasteiger partial charge on any atom is -0.496 e. The number of nitrogens with zero attached hydrogens (tertiary/aromatic N) is 2. The van der Waals surface area contributed by atoms with Crippen LogP contribution in [0.25, 0.3) is 65.9 Å². The van der Waals surface area contributed by atoms with Gasteiger partial charge in [0.1, 0.15) is 23.0 Å². The minimum absolute atomic E-state index is 0.728. The van der Waals surface area contributed by atoms with E-state index in [1.807, 2.05) is 14.2 Å². The molecule has 0 bridgehead atoms. The summed E-state index contributed by atoms with van der Waals surface area (Å²) in [5, 5.41) is 4.99. The van der Waals surface area contributed by atoms with E-state index in [9.17, 15) is 0 Å². The molecular formula is C65H90N2O4. The molecule has 384 valence electrons. The molecule has 7 aromatic rings. The zero-order valence-corrected chi connectivity index (χ0v) is 45.5. The van der Waals surface area contributed by atoms with Crippen molar-refractivity contribution in [3.8, 4) is 45.3 Å². The van der Waals surface area contributed by atoms with E-state index in [2.05, 4.69) is 117 Å². The van der Waals surface area contributed by atoms with Crippen molar-refractivity contribution in [3.63, 3.8) is 0 Å². The number of hydrogen-bond acceptors (Lipinski definition) is 4. The third-order valence-corrected chi connectivity index (χ3v) is 15.4. The van der Waals surface area contributed by atoms with E-state index >= 15 is 0 Å². The van der Waals surface area contributed by atoms with Crippen LogP contribution in [0.15, 0.2) is 72.8 Å². The Morgan fingerprint density at radius 3 is 1.24 bits per heavy atom. The monoisotopic (exact) mass is 963 g/mol. The molecule has 0 atom stereocenters. The van der Waals surface area contributed by atoms with Crippen LogP contribution in [0.3, 0.4) is 0 Å². The molecule has 0 unspecified atom stereocenters. The molecule has 0 aliphatic carbocycles. The molecule has 5 aromatic carbocycles. The van der Waals surface area contributed by atoms with Crippen LogP contribution in [-0.2, 0) is 13.1 Å². The number of ether oxygens (including phenoxy) is 4. The fourth-order valence-corrected chi connectivity index (χ4v) is 11.2. The van der Waals surface area contributed by atoms with Gasteiger partial charge >= 0.3 is 0 Å². The van der Waals surface area contributed by atoms with Crippen LogP contribution in [0.1, 0.15) is 186 Å². The lowest BCUT2D eigenvalue weighted by atomic mass is 9.97. The molecule has 0 saturated carbocycles. The highest BCUT2D eigenvalue weighted by Crippen LogP contribution is 2.46. The predicted octanol–water partition coefficient (Wildman–Crippen LogP) is 19.7. The second-order valence-corrected chi connectivity index (χ2v) is 20.8. The number of benzene rings is 5. The normalized spacial score (nSPS) is 11.8. The molecule has 0 amide bonds. The second kappa shape index (κ2) is 27.6. The smallest absolute Gasteiger partial charge is 0.128 e. The zero-order chi connectivity index (χ0) is 50.0. The summed E-state index contributed by atoms with van der Waals surface area (Å²) in [6, 6.07) is 27.6. The van der Waals surface area contributed by atoms with Crippen molar-refractivity contribution >= 4 is 43.6 Å². The van der Waals surface area contributed by atoms with Gasteiger partial charge in [-0.25, -0.2) is 0 Å². The average molecular weight is 963 g/mol. The molecule has 0 radical (unpaired) electrons. The number of rotatable bonds is 33. The fourth-order valence-electron chi connectivity index (χ4n) is 11.2. The van der Waals surface area contributed by atoms with E-state index in [0.717, 1.165) is 83.4 Å². The first-order valence-electron chi connectivity index (χ1n) is 28.4. The number of fused-ring (bicyclic) bond motifs is 6. The maximum Gasteiger partial charge on any atom is 0.128 e. The van der Waals surface area contributed by atoms with Crippen molar-refractivity contribution in [3.05, 3.63) is 83.9 Å². The Labute approximate surface area is 428 Å².